The Hall–Kier alpha value is -2.25. The predicted molar refractivity (Wildman–Crippen MR) is 106 cm³/mol. The van der Waals surface area contributed by atoms with E-state index < -0.39 is 15.8 Å². The molecule has 150 valence electrons. The molecule has 1 saturated heterocycles. The van der Waals surface area contributed by atoms with Crippen LogP contribution in [-0.2, 0) is 14.8 Å². The van der Waals surface area contributed by atoms with Crippen LogP contribution in [0.3, 0.4) is 0 Å². The number of hydrogen-bond acceptors (Lipinski definition) is 3. The van der Waals surface area contributed by atoms with Crippen LogP contribution >= 0.6 is 0 Å². The fourth-order valence-electron chi connectivity index (χ4n) is 3.45. The van der Waals surface area contributed by atoms with Gasteiger partial charge in [-0.3, -0.25) is 4.79 Å². The maximum absolute atomic E-state index is 13.9. The van der Waals surface area contributed by atoms with Crippen molar-refractivity contribution >= 4 is 15.9 Å². The van der Waals surface area contributed by atoms with Crippen molar-refractivity contribution in [1.29, 1.82) is 0 Å². The molecule has 1 aliphatic heterocycles. The number of carbonyl (C=O) groups is 1. The second-order valence-electron chi connectivity index (χ2n) is 7.17. The van der Waals surface area contributed by atoms with Crippen molar-refractivity contribution in [3.8, 4) is 0 Å². The summed E-state index contributed by atoms with van der Waals surface area (Å²) in [5.41, 5.74) is 1.16. The van der Waals surface area contributed by atoms with Gasteiger partial charge in [-0.2, -0.15) is 4.31 Å². The number of nitrogens with one attached hydrogen (secondary N) is 1. The normalized spacial score (nSPS) is 17.2. The fourth-order valence-corrected chi connectivity index (χ4v) is 4.98. The van der Waals surface area contributed by atoms with Gasteiger partial charge in [0.15, 0.2) is 0 Å². The molecule has 0 saturated carbocycles. The Bertz CT molecular complexity index is 910. The van der Waals surface area contributed by atoms with Crippen LogP contribution in [0, 0.1) is 11.7 Å². The number of halogens is 1. The lowest BCUT2D eigenvalue weighted by Crippen LogP contribution is -2.43. The van der Waals surface area contributed by atoms with E-state index in [2.05, 4.69) is 12.2 Å². The Morgan fingerprint density at radius 3 is 2.36 bits per heavy atom. The van der Waals surface area contributed by atoms with E-state index in [0.717, 1.165) is 11.6 Å². The maximum Gasteiger partial charge on any atom is 0.245 e. The Balaban J connectivity index is 1.53. The number of carbonyl (C=O) groups excluding carboxylic acids is 1. The average molecular weight is 405 g/mol. The third-order valence-electron chi connectivity index (χ3n) is 5.23. The molecule has 1 fully saturated rings. The molecule has 0 bridgehead atoms. The van der Waals surface area contributed by atoms with E-state index in [1.165, 1.54) is 22.5 Å². The number of sulfonamides is 1. The molecule has 1 amide bonds. The number of amides is 1. The van der Waals surface area contributed by atoms with Crippen LogP contribution in [0.2, 0.25) is 0 Å². The summed E-state index contributed by atoms with van der Waals surface area (Å²) in [6, 6.07) is 15.3. The van der Waals surface area contributed by atoms with E-state index in [0.29, 0.717) is 19.4 Å². The summed E-state index contributed by atoms with van der Waals surface area (Å²) < 4.78 is 40.4. The van der Waals surface area contributed by atoms with Gasteiger partial charge in [-0.15, -0.1) is 0 Å². The minimum atomic E-state index is -3.88. The van der Waals surface area contributed by atoms with Crippen LogP contribution in [-0.4, -0.2) is 38.3 Å². The van der Waals surface area contributed by atoms with Crippen LogP contribution in [0.5, 0.6) is 0 Å². The second kappa shape index (κ2) is 8.84. The van der Waals surface area contributed by atoms with E-state index in [1.807, 2.05) is 30.3 Å². The van der Waals surface area contributed by atoms with Crippen molar-refractivity contribution in [2.75, 3.05) is 19.6 Å². The standard InChI is InChI=1S/C21H25FN2O3S/c1-16(17-7-3-2-4-8-17)15-23-21(25)18-11-13-24(14-12-18)28(26,27)20-10-6-5-9-19(20)22/h2-10,16,18H,11-15H2,1H3,(H,23,25). The Morgan fingerprint density at radius 2 is 1.71 bits per heavy atom. The summed E-state index contributed by atoms with van der Waals surface area (Å²) in [4.78, 5) is 12.2. The molecule has 1 atom stereocenters. The first kappa shape index (κ1) is 20.5. The minimum absolute atomic E-state index is 0.0503. The number of rotatable bonds is 6. The molecule has 0 aromatic heterocycles. The van der Waals surface area contributed by atoms with Gasteiger partial charge in [-0.05, 0) is 36.5 Å². The predicted octanol–water partition coefficient (Wildman–Crippen LogP) is 3.15. The molecule has 28 heavy (non-hydrogen) atoms. The second-order valence-corrected chi connectivity index (χ2v) is 9.07. The van der Waals surface area contributed by atoms with Gasteiger partial charge < -0.3 is 5.32 Å². The summed E-state index contributed by atoms with van der Waals surface area (Å²) in [6.45, 7) is 3.02. The molecular formula is C21H25FN2O3S. The van der Waals surface area contributed by atoms with Gasteiger partial charge in [0.05, 0.1) is 0 Å². The topological polar surface area (TPSA) is 66.5 Å². The van der Waals surface area contributed by atoms with Gasteiger partial charge in [0.1, 0.15) is 10.7 Å². The van der Waals surface area contributed by atoms with Crippen LogP contribution in [0.1, 0.15) is 31.2 Å². The van der Waals surface area contributed by atoms with Crippen LogP contribution in [0.15, 0.2) is 59.5 Å². The van der Waals surface area contributed by atoms with Crippen LogP contribution in [0.4, 0.5) is 4.39 Å². The van der Waals surface area contributed by atoms with Gasteiger partial charge in [0, 0.05) is 25.6 Å². The molecule has 0 radical (unpaired) electrons. The first-order valence-corrected chi connectivity index (χ1v) is 10.9. The molecular weight excluding hydrogens is 379 g/mol. The third-order valence-corrected chi connectivity index (χ3v) is 7.16. The molecule has 1 heterocycles. The van der Waals surface area contributed by atoms with Crippen LogP contribution in [0.25, 0.3) is 0 Å². The largest absolute Gasteiger partial charge is 0.355 e. The first-order chi connectivity index (χ1) is 13.4. The maximum atomic E-state index is 13.9. The molecule has 0 aliphatic carbocycles. The summed E-state index contributed by atoms with van der Waals surface area (Å²) >= 11 is 0. The Kier molecular flexibility index (Phi) is 6.46. The number of nitrogens with zero attached hydrogens (tertiary/aromatic N) is 1. The number of benzene rings is 2. The van der Waals surface area contributed by atoms with Crippen molar-refractivity contribution in [2.45, 2.75) is 30.6 Å². The van der Waals surface area contributed by atoms with Gasteiger partial charge in [0.2, 0.25) is 15.9 Å². The SMILES string of the molecule is CC(CNC(=O)C1CCN(S(=O)(=O)c2ccccc2F)CC1)c1ccccc1. The zero-order valence-corrected chi connectivity index (χ0v) is 16.7. The van der Waals surface area contributed by atoms with Crippen molar-refractivity contribution in [1.82, 2.24) is 9.62 Å². The van der Waals surface area contributed by atoms with E-state index >= 15 is 0 Å². The monoisotopic (exact) mass is 404 g/mol. The highest BCUT2D eigenvalue weighted by Gasteiger charge is 2.33. The minimum Gasteiger partial charge on any atom is -0.355 e. The highest BCUT2D eigenvalue weighted by molar-refractivity contribution is 7.89. The quantitative estimate of drug-likeness (QED) is 0.804. The average Bonchev–Trinajstić information content (AvgIpc) is 2.72. The molecule has 7 heteroatoms. The van der Waals surface area contributed by atoms with Gasteiger partial charge in [-0.1, -0.05) is 49.4 Å². The summed E-state index contributed by atoms with van der Waals surface area (Å²) in [6.07, 6.45) is 0.860. The number of piperidine rings is 1. The lowest BCUT2D eigenvalue weighted by atomic mass is 9.96. The molecule has 1 aliphatic rings. The van der Waals surface area contributed by atoms with E-state index in [1.54, 1.807) is 0 Å². The van der Waals surface area contributed by atoms with Crippen molar-refractivity contribution in [3.05, 3.63) is 66.0 Å². The lowest BCUT2D eigenvalue weighted by molar-refractivity contribution is -0.126. The van der Waals surface area contributed by atoms with Crippen molar-refractivity contribution < 1.29 is 17.6 Å². The van der Waals surface area contributed by atoms with Crippen molar-refractivity contribution in [2.24, 2.45) is 5.92 Å². The molecule has 5 nitrogen and oxygen atoms in total. The van der Waals surface area contributed by atoms with E-state index in [4.69, 9.17) is 0 Å². The molecule has 1 N–H and O–H groups in total. The molecule has 0 spiro atoms. The zero-order valence-electron chi connectivity index (χ0n) is 15.8. The summed E-state index contributed by atoms with van der Waals surface area (Å²) in [7, 11) is -3.88. The van der Waals surface area contributed by atoms with Gasteiger partial charge >= 0.3 is 0 Å². The molecule has 1 unspecified atom stereocenters. The van der Waals surface area contributed by atoms with Crippen molar-refractivity contribution in [3.63, 3.8) is 0 Å². The molecule has 3 rings (SSSR count). The summed E-state index contributed by atoms with van der Waals surface area (Å²) in [5.74, 6) is -0.829. The van der Waals surface area contributed by atoms with Gasteiger partial charge in [0.25, 0.3) is 0 Å². The van der Waals surface area contributed by atoms with E-state index in [-0.39, 0.29) is 35.7 Å². The smallest absolute Gasteiger partial charge is 0.245 e. The fraction of sp³-hybridized carbons (Fsp3) is 0.381. The highest BCUT2D eigenvalue weighted by Crippen LogP contribution is 2.25. The Morgan fingerprint density at radius 1 is 1.11 bits per heavy atom. The number of hydrogen-bond donors (Lipinski definition) is 1. The first-order valence-electron chi connectivity index (χ1n) is 9.47. The van der Waals surface area contributed by atoms with Crippen LogP contribution < -0.4 is 5.32 Å². The lowest BCUT2D eigenvalue weighted by Gasteiger charge is -2.30. The zero-order chi connectivity index (χ0) is 20.1. The summed E-state index contributed by atoms with van der Waals surface area (Å²) in [5, 5.41) is 2.98. The Labute approximate surface area is 165 Å². The van der Waals surface area contributed by atoms with Gasteiger partial charge in [-0.25, -0.2) is 12.8 Å². The molecule has 2 aromatic rings. The third kappa shape index (κ3) is 4.59. The van der Waals surface area contributed by atoms with E-state index in [9.17, 15) is 17.6 Å². The molecule has 2 aromatic carbocycles. The highest BCUT2D eigenvalue weighted by atomic mass is 32.2.